The first-order chi connectivity index (χ1) is 11.7. The number of methoxy groups -OCH3 is 1. The monoisotopic (exact) mass is 403 g/mol. The Morgan fingerprint density at radius 2 is 1.68 bits per heavy atom. The van der Waals surface area contributed by atoms with Crippen LogP contribution in [0.4, 0.5) is 10.5 Å². The first-order valence-corrected chi connectivity index (χ1v) is 8.63. The van der Waals surface area contributed by atoms with E-state index < -0.39 is 11.7 Å². The first kappa shape index (κ1) is 19.1. The van der Waals surface area contributed by atoms with Crippen LogP contribution in [0.25, 0.3) is 5.70 Å². The summed E-state index contributed by atoms with van der Waals surface area (Å²) in [5.41, 5.74) is 1.36. The zero-order valence-corrected chi connectivity index (χ0v) is 16.5. The molecule has 0 heterocycles. The number of rotatable bonds is 4. The highest BCUT2D eigenvalue weighted by Crippen LogP contribution is 2.33. The van der Waals surface area contributed by atoms with Gasteiger partial charge in [0.2, 0.25) is 0 Å². The molecule has 0 bridgehead atoms. The molecule has 0 atom stereocenters. The van der Waals surface area contributed by atoms with E-state index in [4.69, 9.17) is 9.47 Å². The normalized spacial score (nSPS) is 10.9. The molecule has 0 fully saturated rings. The molecular formula is C20H22BrNO3. The minimum atomic E-state index is -0.614. The zero-order valence-electron chi connectivity index (χ0n) is 14.9. The van der Waals surface area contributed by atoms with Gasteiger partial charge in [0.05, 0.1) is 18.5 Å². The molecule has 0 saturated carbocycles. The largest absolute Gasteiger partial charge is 0.497 e. The van der Waals surface area contributed by atoms with Gasteiger partial charge in [0.25, 0.3) is 0 Å². The maximum absolute atomic E-state index is 12.8. The van der Waals surface area contributed by atoms with E-state index in [0.29, 0.717) is 11.4 Å². The van der Waals surface area contributed by atoms with Gasteiger partial charge < -0.3 is 9.47 Å². The highest BCUT2D eigenvalue weighted by molar-refractivity contribution is 9.10. The number of ether oxygens (including phenoxy) is 2. The number of anilines is 1. The minimum Gasteiger partial charge on any atom is -0.497 e. The fourth-order valence-corrected chi connectivity index (χ4v) is 2.67. The Morgan fingerprint density at radius 3 is 2.20 bits per heavy atom. The number of para-hydroxylation sites is 1. The van der Waals surface area contributed by atoms with Gasteiger partial charge in [-0.2, -0.15) is 0 Å². The van der Waals surface area contributed by atoms with Gasteiger partial charge in [-0.1, -0.05) is 18.7 Å². The Bertz CT molecular complexity index is 763. The number of benzene rings is 2. The zero-order chi connectivity index (χ0) is 18.6. The molecule has 0 saturated heterocycles. The van der Waals surface area contributed by atoms with Crippen LogP contribution in [-0.2, 0) is 4.74 Å². The molecule has 0 radical (unpaired) electrons. The second-order valence-electron chi connectivity index (χ2n) is 6.44. The van der Waals surface area contributed by atoms with Crippen molar-refractivity contribution in [3.8, 4) is 5.75 Å². The summed E-state index contributed by atoms with van der Waals surface area (Å²) in [4.78, 5) is 14.3. The smallest absolute Gasteiger partial charge is 0.419 e. The molecular weight excluding hydrogens is 382 g/mol. The number of nitrogens with zero attached hydrogens (tertiary/aromatic N) is 1. The highest BCUT2D eigenvalue weighted by atomic mass is 79.9. The third-order valence-corrected chi connectivity index (χ3v) is 4.03. The van der Waals surface area contributed by atoms with Crippen LogP contribution < -0.4 is 9.64 Å². The van der Waals surface area contributed by atoms with Crippen LogP contribution in [0.1, 0.15) is 26.3 Å². The lowest BCUT2D eigenvalue weighted by atomic mass is 10.1. The van der Waals surface area contributed by atoms with E-state index in [1.807, 2.05) is 69.3 Å². The van der Waals surface area contributed by atoms with Crippen LogP contribution in [0.5, 0.6) is 5.75 Å². The van der Waals surface area contributed by atoms with Crippen LogP contribution in [0.2, 0.25) is 0 Å². The Kier molecular flexibility index (Phi) is 5.90. The predicted molar refractivity (Wildman–Crippen MR) is 105 cm³/mol. The maximum atomic E-state index is 12.8. The van der Waals surface area contributed by atoms with Gasteiger partial charge in [0.1, 0.15) is 11.4 Å². The van der Waals surface area contributed by atoms with Gasteiger partial charge in [-0.05, 0) is 78.7 Å². The molecule has 0 N–H and O–H groups in total. The summed E-state index contributed by atoms with van der Waals surface area (Å²) in [7, 11) is 1.61. The average molecular weight is 404 g/mol. The van der Waals surface area contributed by atoms with Crippen LogP contribution in [0, 0.1) is 0 Å². The number of hydrogen-bond acceptors (Lipinski definition) is 3. The van der Waals surface area contributed by atoms with Crippen molar-refractivity contribution in [2.75, 3.05) is 12.0 Å². The lowest BCUT2D eigenvalue weighted by molar-refractivity contribution is 0.0600. The average Bonchev–Trinajstić information content (AvgIpc) is 2.55. The predicted octanol–water partition coefficient (Wildman–Crippen LogP) is 5.87. The third-order valence-electron chi connectivity index (χ3n) is 3.36. The molecule has 0 aliphatic carbocycles. The topological polar surface area (TPSA) is 38.8 Å². The number of hydrogen-bond donors (Lipinski definition) is 0. The van der Waals surface area contributed by atoms with Crippen molar-refractivity contribution in [1.29, 1.82) is 0 Å². The van der Waals surface area contributed by atoms with E-state index >= 15 is 0 Å². The van der Waals surface area contributed by atoms with Crippen molar-refractivity contribution in [3.05, 3.63) is 65.1 Å². The number of carbonyl (C=O) groups excluding carboxylic acids is 1. The van der Waals surface area contributed by atoms with Crippen LogP contribution in [-0.4, -0.2) is 18.8 Å². The molecule has 2 rings (SSSR count). The van der Waals surface area contributed by atoms with E-state index in [1.165, 1.54) is 4.90 Å². The van der Waals surface area contributed by atoms with E-state index in [9.17, 15) is 4.79 Å². The second-order valence-corrected chi connectivity index (χ2v) is 7.30. The van der Waals surface area contributed by atoms with Crippen molar-refractivity contribution in [2.24, 2.45) is 0 Å². The van der Waals surface area contributed by atoms with Gasteiger partial charge in [-0.3, -0.25) is 0 Å². The van der Waals surface area contributed by atoms with Gasteiger partial charge in [-0.15, -0.1) is 0 Å². The quantitative estimate of drug-likeness (QED) is 0.640. The Hall–Kier alpha value is -2.27. The molecule has 25 heavy (non-hydrogen) atoms. The maximum Gasteiger partial charge on any atom is 0.419 e. The molecule has 1 amide bonds. The first-order valence-electron chi connectivity index (χ1n) is 7.84. The summed E-state index contributed by atoms with van der Waals surface area (Å²) in [6.45, 7) is 9.61. The second kappa shape index (κ2) is 7.74. The van der Waals surface area contributed by atoms with Crippen molar-refractivity contribution in [1.82, 2.24) is 0 Å². The summed E-state index contributed by atoms with van der Waals surface area (Å²) in [6, 6.07) is 14.8. The van der Waals surface area contributed by atoms with E-state index in [1.54, 1.807) is 7.11 Å². The van der Waals surface area contributed by atoms with Gasteiger partial charge >= 0.3 is 6.09 Å². The lowest BCUT2D eigenvalue weighted by Gasteiger charge is -2.29. The summed E-state index contributed by atoms with van der Waals surface area (Å²) in [5, 5.41) is 0. The molecule has 0 aromatic heterocycles. The minimum absolute atomic E-state index is 0.486. The SMILES string of the molecule is C=C(c1ccc(OC)cc1)N(C(=O)OC(C)(C)C)c1ccccc1Br. The fourth-order valence-electron chi connectivity index (χ4n) is 2.21. The summed E-state index contributed by atoms with van der Waals surface area (Å²) in [5.74, 6) is 0.737. The molecule has 0 aliphatic heterocycles. The molecule has 0 unspecified atom stereocenters. The van der Waals surface area contributed by atoms with E-state index in [-0.39, 0.29) is 0 Å². The molecule has 2 aromatic carbocycles. The summed E-state index contributed by atoms with van der Waals surface area (Å²) < 4.78 is 11.5. The van der Waals surface area contributed by atoms with Crippen molar-refractivity contribution in [2.45, 2.75) is 26.4 Å². The van der Waals surface area contributed by atoms with Gasteiger partial charge in [0, 0.05) is 4.47 Å². The van der Waals surface area contributed by atoms with Gasteiger partial charge in [-0.25, -0.2) is 9.69 Å². The van der Waals surface area contributed by atoms with Crippen LogP contribution in [0.15, 0.2) is 59.6 Å². The fraction of sp³-hybridized carbons (Fsp3) is 0.250. The molecule has 4 nitrogen and oxygen atoms in total. The Balaban J connectivity index is 2.44. The molecule has 5 heteroatoms. The van der Waals surface area contributed by atoms with E-state index in [2.05, 4.69) is 22.5 Å². The Morgan fingerprint density at radius 1 is 1.08 bits per heavy atom. The standard InChI is InChI=1S/C20H22BrNO3/c1-14(15-10-12-16(24-5)13-11-15)22(19(23)25-20(2,3)4)18-9-7-6-8-17(18)21/h6-13H,1H2,2-5H3. The van der Waals surface area contributed by atoms with Crippen molar-refractivity contribution >= 4 is 33.4 Å². The number of halogens is 1. The number of amides is 1. The summed E-state index contributed by atoms with van der Waals surface area (Å²) in [6.07, 6.45) is -0.486. The highest BCUT2D eigenvalue weighted by Gasteiger charge is 2.27. The summed E-state index contributed by atoms with van der Waals surface area (Å²) >= 11 is 3.50. The van der Waals surface area contributed by atoms with Crippen molar-refractivity contribution in [3.63, 3.8) is 0 Å². The Labute approximate surface area is 157 Å². The molecule has 0 spiro atoms. The molecule has 2 aromatic rings. The van der Waals surface area contributed by atoms with Gasteiger partial charge in [0.15, 0.2) is 0 Å². The third kappa shape index (κ3) is 4.86. The van der Waals surface area contributed by atoms with E-state index in [0.717, 1.165) is 15.8 Å². The van der Waals surface area contributed by atoms with Crippen molar-refractivity contribution < 1.29 is 14.3 Å². The number of carbonyl (C=O) groups is 1. The lowest BCUT2D eigenvalue weighted by Crippen LogP contribution is -2.35. The molecule has 0 aliphatic rings. The van der Waals surface area contributed by atoms with Crippen LogP contribution in [0.3, 0.4) is 0 Å². The van der Waals surface area contributed by atoms with Crippen LogP contribution >= 0.6 is 15.9 Å². The molecule has 132 valence electrons.